The molecule has 8 nitrogen and oxygen atoms in total. The predicted octanol–water partition coefficient (Wildman–Crippen LogP) is -0.744. The van der Waals surface area contributed by atoms with E-state index in [9.17, 15) is 24.6 Å². The van der Waals surface area contributed by atoms with Gasteiger partial charge in [-0.05, 0) is 5.41 Å². The Morgan fingerprint density at radius 2 is 1.78 bits per heavy atom. The highest BCUT2D eigenvalue weighted by Crippen LogP contribution is 2.75. The van der Waals surface area contributed by atoms with E-state index in [1.54, 1.807) is 20.8 Å². The largest absolute Gasteiger partial charge is 0.461 e. The summed E-state index contributed by atoms with van der Waals surface area (Å²) < 4.78 is 15.5. The van der Waals surface area contributed by atoms with Gasteiger partial charge in [0.1, 0.15) is 16.9 Å². The third-order valence-electron chi connectivity index (χ3n) is 6.22. The maximum Gasteiger partial charge on any atom is 0.339 e. The number of esters is 3. The van der Waals surface area contributed by atoms with Gasteiger partial charge in [0.05, 0.1) is 12.0 Å². The first kappa shape index (κ1) is 14.9. The Hall–Kier alpha value is -1.67. The van der Waals surface area contributed by atoms with E-state index >= 15 is 0 Å². The molecule has 0 amide bonds. The van der Waals surface area contributed by atoms with Crippen molar-refractivity contribution in [3.63, 3.8) is 0 Å². The highest BCUT2D eigenvalue weighted by Gasteiger charge is 2.92. The first-order valence-corrected chi connectivity index (χ1v) is 7.54. The molecular formula is C15H18O8. The molecule has 126 valence electrons. The molecule has 3 unspecified atom stereocenters. The highest BCUT2D eigenvalue weighted by atomic mass is 16.7. The van der Waals surface area contributed by atoms with Gasteiger partial charge in [-0.15, -0.1) is 0 Å². The lowest BCUT2D eigenvalue weighted by atomic mass is 9.52. The summed E-state index contributed by atoms with van der Waals surface area (Å²) in [5.41, 5.74) is -5.91. The van der Waals surface area contributed by atoms with Gasteiger partial charge in [-0.2, -0.15) is 0 Å². The summed E-state index contributed by atoms with van der Waals surface area (Å²) in [6, 6.07) is 0. The van der Waals surface area contributed by atoms with E-state index in [1.165, 1.54) is 0 Å². The molecule has 2 spiro atoms. The molecule has 0 bridgehead atoms. The minimum absolute atomic E-state index is 0.0679. The zero-order valence-corrected chi connectivity index (χ0v) is 13.0. The first-order valence-electron chi connectivity index (χ1n) is 7.54. The third-order valence-corrected chi connectivity index (χ3v) is 6.22. The van der Waals surface area contributed by atoms with Crippen molar-refractivity contribution < 1.29 is 38.8 Å². The first-order chi connectivity index (χ1) is 10.5. The van der Waals surface area contributed by atoms with Crippen LogP contribution in [0.25, 0.3) is 0 Å². The summed E-state index contributed by atoms with van der Waals surface area (Å²) >= 11 is 0. The molecule has 23 heavy (non-hydrogen) atoms. The van der Waals surface area contributed by atoms with Gasteiger partial charge in [0.2, 0.25) is 0 Å². The summed E-state index contributed by atoms with van der Waals surface area (Å²) in [5, 5.41) is 22.2. The Kier molecular flexibility index (Phi) is 2.39. The van der Waals surface area contributed by atoms with Gasteiger partial charge in [0, 0.05) is 6.42 Å². The van der Waals surface area contributed by atoms with Gasteiger partial charge in [-0.3, -0.25) is 9.59 Å². The second kappa shape index (κ2) is 3.70. The van der Waals surface area contributed by atoms with Crippen LogP contribution in [0.3, 0.4) is 0 Å². The van der Waals surface area contributed by atoms with E-state index in [4.69, 9.17) is 14.2 Å². The SMILES string of the molecule is CC(C)(C)[C@]1(O)C[C@@H]2OC(=O)C[C@@]23C(=O)OC2OC(=O)C(O)C213. The quantitative estimate of drug-likeness (QED) is 0.558. The van der Waals surface area contributed by atoms with Crippen molar-refractivity contribution in [3.05, 3.63) is 0 Å². The molecule has 3 heterocycles. The lowest BCUT2D eigenvalue weighted by Gasteiger charge is -2.49. The smallest absolute Gasteiger partial charge is 0.339 e. The molecule has 0 aromatic rings. The van der Waals surface area contributed by atoms with Crippen molar-refractivity contribution in [1.82, 2.24) is 0 Å². The van der Waals surface area contributed by atoms with Gasteiger partial charge in [0.25, 0.3) is 6.29 Å². The molecule has 3 aliphatic heterocycles. The van der Waals surface area contributed by atoms with Crippen LogP contribution in [0.5, 0.6) is 0 Å². The van der Waals surface area contributed by atoms with Gasteiger partial charge >= 0.3 is 17.9 Å². The number of rotatable bonds is 0. The second-order valence-electron chi connectivity index (χ2n) is 7.89. The van der Waals surface area contributed by atoms with Gasteiger partial charge in [0.15, 0.2) is 6.10 Å². The molecule has 4 rings (SSSR count). The van der Waals surface area contributed by atoms with E-state index in [-0.39, 0.29) is 12.8 Å². The van der Waals surface area contributed by atoms with Crippen molar-refractivity contribution in [2.75, 3.05) is 0 Å². The standard InChI is InChI=1S/C15H18O8/c1-12(2,3)14(20)4-6-13(5-7(16)21-6)10(19)23-11-15(13,14)8(17)9(18)22-11/h6,8,11,17,20H,4-5H2,1-3H3/t6-,8?,11?,13-,14+,15?/m0/s1. The normalized spacial score (nSPS) is 51.0. The maximum atomic E-state index is 12.6. The molecule has 3 saturated heterocycles. The van der Waals surface area contributed by atoms with Crippen LogP contribution in [0.1, 0.15) is 33.6 Å². The van der Waals surface area contributed by atoms with Crippen molar-refractivity contribution in [3.8, 4) is 0 Å². The van der Waals surface area contributed by atoms with Crippen LogP contribution in [0.4, 0.5) is 0 Å². The highest BCUT2D eigenvalue weighted by molar-refractivity contribution is 5.94. The average molecular weight is 326 g/mol. The number of hydrogen-bond donors (Lipinski definition) is 2. The van der Waals surface area contributed by atoms with E-state index in [2.05, 4.69) is 0 Å². The Balaban J connectivity index is 2.05. The minimum Gasteiger partial charge on any atom is -0.461 e. The van der Waals surface area contributed by atoms with Gasteiger partial charge in [-0.25, -0.2) is 4.79 Å². The number of ether oxygens (including phenoxy) is 3. The molecule has 2 N–H and O–H groups in total. The summed E-state index contributed by atoms with van der Waals surface area (Å²) in [4.78, 5) is 36.5. The van der Waals surface area contributed by atoms with Crippen LogP contribution < -0.4 is 0 Å². The van der Waals surface area contributed by atoms with Crippen LogP contribution in [0.15, 0.2) is 0 Å². The number of carbonyl (C=O) groups is 3. The van der Waals surface area contributed by atoms with Crippen LogP contribution in [0, 0.1) is 16.2 Å². The zero-order valence-electron chi connectivity index (χ0n) is 13.0. The Labute approximate surface area is 131 Å². The number of hydrogen-bond acceptors (Lipinski definition) is 8. The molecule has 1 saturated carbocycles. The number of carbonyl (C=O) groups excluding carboxylic acids is 3. The molecule has 4 aliphatic rings. The molecule has 0 aromatic carbocycles. The van der Waals surface area contributed by atoms with Gasteiger partial charge < -0.3 is 24.4 Å². The van der Waals surface area contributed by atoms with Crippen LogP contribution >= 0.6 is 0 Å². The predicted molar refractivity (Wildman–Crippen MR) is 70.4 cm³/mol. The monoisotopic (exact) mass is 326 g/mol. The number of aliphatic hydroxyl groups is 2. The van der Waals surface area contributed by atoms with Crippen molar-refractivity contribution >= 4 is 17.9 Å². The molecule has 4 fully saturated rings. The van der Waals surface area contributed by atoms with Crippen molar-refractivity contribution in [1.29, 1.82) is 0 Å². The lowest BCUT2D eigenvalue weighted by molar-refractivity contribution is -0.224. The molecular weight excluding hydrogens is 308 g/mol. The Bertz CT molecular complexity index is 650. The van der Waals surface area contributed by atoms with E-state index in [0.29, 0.717) is 0 Å². The number of aliphatic hydroxyl groups excluding tert-OH is 1. The van der Waals surface area contributed by atoms with Crippen LogP contribution in [-0.4, -0.2) is 52.2 Å². The topological polar surface area (TPSA) is 119 Å². The second-order valence-corrected chi connectivity index (χ2v) is 7.89. The Morgan fingerprint density at radius 3 is 2.39 bits per heavy atom. The zero-order chi connectivity index (χ0) is 17.0. The summed E-state index contributed by atoms with van der Waals surface area (Å²) in [5.74, 6) is -2.36. The van der Waals surface area contributed by atoms with Crippen molar-refractivity contribution in [2.24, 2.45) is 16.2 Å². The van der Waals surface area contributed by atoms with E-state index in [1.807, 2.05) is 0 Å². The third kappa shape index (κ3) is 1.20. The summed E-state index contributed by atoms with van der Waals surface area (Å²) in [7, 11) is 0. The van der Waals surface area contributed by atoms with Crippen LogP contribution in [-0.2, 0) is 28.6 Å². The minimum atomic E-state index is -1.78. The molecule has 6 atom stereocenters. The summed E-state index contributed by atoms with van der Waals surface area (Å²) in [6.07, 6.45) is -4.58. The van der Waals surface area contributed by atoms with Crippen LogP contribution in [0.2, 0.25) is 0 Å². The fourth-order valence-corrected chi connectivity index (χ4v) is 5.15. The molecule has 0 aromatic heterocycles. The van der Waals surface area contributed by atoms with Gasteiger partial charge in [-0.1, -0.05) is 20.8 Å². The average Bonchev–Trinajstić information content (AvgIpc) is 3.00. The molecule has 1 aliphatic carbocycles. The summed E-state index contributed by atoms with van der Waals surface area (Å²) in [6.45, 7) is 5.19. The maximum absolute atomic E-state index is 12.6. The molecule has 8 heteroatoms. The fraction of sp³-hybridized carbons (Fsp3) is 0.800. The Morgan fingerprint density at radius 1 is 1.13 bits per heavy atom. The lowest BCUT2D eigenvalue weighted by Crippen LogP contribution is -2.65. The van der Waals surface area contributed by atoms with Crippen molar-refractivity contribution in [2.45, 2.75) is 57.7 Å². The van der Waals surface area contributed by atoms with E-state index in [0.717, 1.165) is 0 Å². The molecule has 0 radical (unpaired) electrons. The van der Waals surface area contributed by atoms with E-state index < -0.39 is 58.3 Å². The fourth-order valence-electron chi connectivity index (χ4n) is 5.15.